The molecule has 2 amide bonds. The number of thioether (sulfide) groups is 1. The molecule has 2 aromatic carbocycles. The van der Waals surface area contributed by atoms with Gasteiger partial charge in [0.1, 0.15) is 24.1 Å². The number of aromatic nitrogens is 4. The zero-order chi connectivity index (χ0) is 29.3. The Hall–Kier alpha value is -4.20. The Morgan fingerprint density at radius 2 is 2.05 bits per heavy atom. The lowest BCUT2D eigenvalue weighted by atomic mass is 10.0. The first-order chi connectivity index (χ1) is 21.1. The largest absolute Gasteiger partial charge is 0.489 e. The number of carbonyl (C=O) groups excluding carboxylic acids is 2. The van der Waals surface area contributed by atoms with E-state index in [0.717, 1.165) is 27.7 Å². The first-order valence-electron chi connectivity index (χ1n) is 13.7. The van der Waals surface area contributed by atoms with E-state index in [-0.39, 0.29) is 24.5 Å². The topological polar surface area (TPSA) is 115 Å². The number of carbonyl (C=O) groups is 2. The van der Waals surface area contributed by atoms with Gasteiger partial charge >= 0.3 is 0 Å². The number of likely N-dealkylation sites (tertiary alicyclic amines) is 1. The third kappa shape index (κ3) is 5.39. The minimum Gasteiger partial charge on any atom is -0.489 e. The molecule has 0 bridgehead atoms. The van der Waals surface area contributed by atoms with Gasteiger partial charge in [-0.25, -0.2) is 9.97 Å². The molecular weight excluding hydrogens is 605 g/mol. The molecule has 1 aliphatic heterocycles. The molecule has 1 fully saturated rings. The first kappa shape index (κ1) is 27.6. The molecule has 5 heterocycles. The van der Waals surface area contributed by atoms with Crippen LogP contribution in [0.5, 0.6) is 5.75 Å². The number of oxazole rings is 1. The number of para-hydroxylation sites is 1. The predicted molar refractivity (Wildman–Crippen MR) is 167 cm³/mol. The van der Waals surface area contributed by atoms with Gasteiger partial charge in [-0.3, -0.25) is 9.59 Å². The lowest BCUT2D eigenvalue weighted by Crippen LogP contribution is -2.46. The molecule has 0 spiro atoms. The number of nitrogens with one attached hydrogen (secondary N) is 1. The number of imidazole rings is 1. The van der Waals surface area contributed by atoms with E-state index in [1.54, 1.807) is 28.5 Å². The summed E-state index contributed by atoms with van der Waals surface area (Å²) in [6.45, 7) is 0.875. The third-order valence-corrected chi connectivity index (χ3v) is 10.1. The fourth-order valence-electron chi connectivity index (χ4n) is 5.25. The minimum absolute atomic E-state index is 0.151. The van der Waals surface area contributed by atoms with Crippen LogP contribution in [0.15, 0.2) is 81.0 Å². The highest BCUT2D eigenvalue weighted by molar-refractivity contribution is 8.00. The van der Waals surface area contributed by atoms with Crippen molar-refractivity contribution in [3.63, 3.8) is 0 Å². The van der Waals surface area contributed by atoms with E-state index in [1.807, 2.05) is 71.1 Å². The number of ether oxygens (including phenoxy) is 1. The van der Waals surface area contributed by atoms with Gasteiger partial charge in [-0.05, 0) is 48.2 Å². The Labute approximate surface area is 258 Å². The summed E-state index contributed by atoms with van der Waals surface area (Å²) in [5.41, 5.74) is 2.58. The number of amides is 2. The van der Waals surface area contributed by atoms with Crippen molar-refractivity contribution in [1.29, 1.82) is 0 Å². The molecule has 0 unspecified atom stereocenters. The molecule has 1 saturated heterocycles. The van der Waals surface area contributed by atoms with E-state index in [1.165, 1.54) is 22.7 Å². The fraction of sp³-hybridized carbons (Fsp3) is 0.233. The van der Waals surface area contributed by atoms with Gasteiger partial charge in [-0.2, -0.15) is 4.52 Å². The molecule has 4 aromatic heterocycles. The van der Waals surface area contributed by atoms with Crippen LogP contribution in [0, 0.1) is 0 Å². The summed E-state index contributed by atoms with van der Waals surface area (Å²) in [4.78, 5) is 39.3. The van der Waals surface area contributed by atoms with Crippen molar-refractivity contribution in [3.8, 4) is 17.3 Å². The highest BCUT2D eigenvalue weighted by Crippen LogP contribution is 2.33. The van der Waals surface area contributed by atoms with E-state index < -0.39 is 6.04 Å². The molecule has 13 heteroatoms. The summed E-state index contributed by atoms with van der Waals surface area (Å²) >= 11 is 4.41. The fourth-order valence-corrected chi connectivity index (χ4v) is 7.20. The second kappa shape index (κ2) is 11.8. The minimum atomic E-state index is -0.803. The van der Waals surface area contributed by atoms with Crippen molar-refractivity contribution in [1.82, 2.24) is 29.8 Å². The summed E-state index contributed by atoms with van der Waals surface area (Å²) < 4.78 is 15.0. The zero-order valence-corrected chi connectivity index (χ0v) is 25.5. The molecule has 1 N–H and O–H groups in total. The molecule has 1 aliphatic rings. The van der Waals surface area contributed by atoms with E-state index in [4.69, 9.17) is 14.1 Å². The molecule has 10 nitrogen and oxygen atoms in total. The predicted octanol–water partition coefficient (Wildman–Crippen LogP) is 5.92. The zero-order valence-electron chi connectivity index (χ0n) is 23.0. The van der Waals surface area contributed by atoms with Gasteiger partial charge in [0.05, 0.1) is 17.1 Å². The Morgan fingerprint density at radius 1 is 1.16 bits per heavy atom. The number of fused-ring (bicyclic) bond motifs is 2. The summed E-state index contributed by atoms with van der Waals surface area (Å²) in [5.74, 6) is 0.555. The molecule has 218 valence electrons. The van der Waals surface area contributed by atoms with Crippen LogP contribution in [0.1, 0.15) is 34.1 Å². The summed E-state index contributed by atoms with van der Waals surface area (Å²) in [6.07, 6.45) is 5.32. The van der Waals surface area contributed by atoms with Gasteiger partial charge in [0.15, 0.2) is 15.4 Å². The van der Waals surface area contributed by atoms with Crippen LogP contribution in [0.25, 0.3) is 27.6 Å². The van der Waals surface area contributed by atoms with Crippen molar-refractivity contribution in [2.24, 2.45) is 0 Å². The molecular formula is C30H26N6O4S3. The van der Waals surface area contributed by atoms with Crippen molar-refractivity contribution >= 4 is 62.3 Å². The standard InChI is InChI=1S/C30H26N6O4S3/c1-41-30-34-36-20(16-31-29(36)43-30)27-33-25-21(11-5-12-22(25)40-27)39-17-19-10-6-14-35(19)28(38)24(18-8-3-2-4-9-18)32-26(37)23-13-7-15-42-23/h2-5,7-9,11-13,15-16,19,24H,6,10,14,17H2,1H3,(H,32,37)/t19-,24+/m0/s1. The van der Waals surface area contributed by atoms with Gasteiger partial charge in [-0.15, -0.1) is 16.4 Å². The summed E-state index contributed by atoms with van der Waals surface area (Å²) in [7, 11) is 0. The SMILES string of the molecule is CSc1nn2c(-c3nc4c(OC[C@@H]5CCCN5C(=O)[C@H](NC(=O)c5cccs5)c5ccccc5)cccc4o3)cnc2s1. The normalized spacial score (nSPS) is 15.7. The Kier molecular flexibility index (Phi) is 7.59. The number of benzene rings is 2. The number of rotatable bonds is 9. The van der Waals surface area contributed by atoms with Gasteiger partial charge in [-0.1, -0.05) is 65.6 Å². The van der Waals surface area contributed by atoms with Crippen molar-refractivity contribution in [3.05, 3.63) is 82.7 Å². The van der Waals surface area contributed by atoms with E-state index in [0.29, 0.717) is 39.9 Å². The van der Waals surface area contributed by atoms with Gasteiger partial charge < -0.3 is 19.4 Å². The number of nitrogens with zero attached hydrogens (tertiary/aromatic N) is 5. The van der Waals surface area contributed by atoms with Crippen LogP contribution in [-0.4, -0.2) is 61.7 Å². The van der Waals surface area contributed by atoms with E-state index in [9.17, 15) is 9.59 Å². The maximum absolute atomic E-state index is 14.0. The second-order valence-corrected chi connectivity index (χ2v) is 12.9. The van der Waals surface area contributed by atoms with Gasteiger partial charge in [0.25, 0.3) is 5.91 Å². The average molecular weight is 631 g/mol. The maximum atomic E-state index is 14.0. The Morgan fingerprint density at radius 3 is 2.86 bits per heavy atom. The highest BCUT2D eigenvalue weighted by atomic mass is 32.2. The van der Waals surface area contributed by atoms with Crippen LogP contribution in [0.2, 0.25) is 0 Å². The average Bonchev–Trinajstić information content (AvgIpc) is 3.86. The summed E-state index contributed by atoms with van der Waals surface area (Å²) in [5, 5.41) is 9.40. The van der Waals surface area contributed by atoms with Crippen LogP contribution in [0.4, 0.5) is 0 Å². The highest BCUT2D eigenvalue weighted by Gasteiger charge is 2.35. The van der Waals surface area contributed by atoms with Crippen molar-refractivity contribution < 1.29 is 18.7 Å². The lowest BCUT2D eigenvalue weighted by Gasteiger charge is -2.29. The monoisotopic (exact) mass is 630 g/mol. The van der Waals surface area contributed by atoms with Crippen LogP contribution < -0.4 is 10.1 Å². The van der Waals surface area contributed by atoms with Crippen LogP contribution in [0.3, 0.4) is 0 Å². The molecule has 43 heavy (non-hydrogen) atoms. The van der Waals surface area contributed by atoms with Crippen LogP contribution >= 0.6 is 34.4 Å². The van der Waals surface area contributed by atoms with Gasteiger partial charge in [0, 0.05) is 6.54 Å². The molecule has 7 rings (SSSR count). The molecule has 0 saturated carbocycles. The quantitative estimate of drug-likeness (QED) is 0.196. The van der Waals surface area contributed by atoms with E-state index >= 15 is 0 Å². The third-order valence-electron chi connectivity index (χ3n) is 7.33. The Bertz CT molecular complexity index is 1900. The lowest BCUT2D eigenvalue weighted by molar-refractivity contribution is -0.134. The van der Waals surface area contributed by atoms with E-state index in [2.05, 4.69) is 15.4 Å². The molecule has 0 radical (unpaired) electrons. The number of hydrogen-bond donors (Lipinski definition) is 1. The number of hydrogen-bond acceptors (Lipinski definition) is 10. The smallest absolute Gasteiger partial charge is 0.262 e. The summed E-state index contributed by atoms with van der Waals surface area (Å²) in [6, 6.07) is 17.5. The first-order valence-corrected chi connectivity index (χ1v) is 16.6. The second-order valence-electron chi connectivity index (χ2n) is 9.96. The molecule has 2 atom stereocenters. The molecule has 0 aliphatic carbocycles. The Balaban J connectivity index is 1.11. The maximum Gasteiger partial charge on any atom is 0.262 e. The number of thiophene rings is 1. The van der Waals surface area contributed by atoms with Crippen molar-refractivity contribution in [2.75, 3.05) is 19.4 Å². The van der Waals surface area contributed by atoms with Crippen LogP contribution in [-0.2, 0) is 4.79 Å². The van der Waals surface area contributed by atoms with Gasteiger partial charge in [0.2, 0.25) is 16.8 Å². The van der Waals surface area contributed by atoms with Crippen molar-refractivity contribution in [2.45, 2.75) is 29.3 Å². The molecule has 6 aromatic rings.